The second kappa shape index (κ2) is 6.63. The molecule has 0 spiro atoms. The van der Waals surface area contributed by atoms with Gasteiger partial charge in [0.15, 0.2) is 11.5 Å². The van der Waals surface area contributed by atoms with Gasteiger partial charge in [-0.05, 0) is 54.8 Å². The minimum atomic E-state index is -3.63. The molecule has 2 aromatic carbocycles. The molecular weight excluding hydrogens is 352 g/mol. The summed E-state index contributed by atoms with van der Waals surface area (Å²) in [6, 6.07) is 13.5. The molecule has 6 nitrogen and oxygen atoms in total. The molecule has 2 aliphatic heterocycles. The second-order valence-corrected chi connectivity index (χ2v) is 8.20. The SMILES string of the molecule is N#Cc1ccc(S(=O)(=O)N2CCCC2c2ccc3c(c2)OCCO3)cc1. The number of ether oxygens (including phenoxy) is 2. The molecule has 2 heterocycles. The first-order valence-corrected chi connectivity index (χ1v) is 9.95. The number of hydrogen-bond donors (Lipinski definition) is 0. The van der Waals surface area contributed by atoms with Gasteiger partial charge in [0.05, 0.1) is 22.6 Å². The van der Waals surface area contributed by atoms with Crippen molar-refractivity contribution in [1.82, 2.24) is 4.31 Å². The summed E-state index contributed by atoms with van der Waals surface area (Å²) in [4.78, 5) is 0.209. The van der Waals surface area contributed by atoms with Crippen molar-refractivity contribution in [2.24, 2.45) is 0 Å². The predicted molar refractivity (Wildman–Crippen MR) is 94.5 cm³/mol. The van der Waals surface area contributed by atoms with Crippen molar-refractivity contribution < 1.29 is 17.9 Å². The second-order valence-electron chi connectivity index (χ2n) is 6.31. The van der Waals surface area contributed by atoms with E-state index in [1.54, 1.807) is 4.31 Å². The molecule has 0 aliphatic carbocycles. The Kier molecular flexibility index (Phi) is 4.31. The van der Waals surface area contributed by atoms with Gasteiger partial charge in [-0.25, -0.2) is 8.42 Å². The standard InChI is InChI=1S/C19H18N2O4S/c20-13-14-3-6-16(7-4-14)26(22,23)21-9-1-2-17(21)15-5-8-18-19(12-15)25-11-10-24-18/h3-8,12,17H,1-2,9-11H2. The van der Waals surface area contributed by atoms with Crippen LogP contribution in [0.15, 0.2) is 47.4 Å². The first-order chi connectivity index (χ1) is 12.6. The van der Waals surface area contributed by atoms with Gasteiger partial charge in [-0.1, -0.05) is 6.07 Å². The van der Waals surface area contributed by atoms with E-state index in [1.165, 1.54) is 24.3 Å². The fourth-order valence-corrected chi connectivity index (χ4v) is 5.15. The van der Waals surface area contributed by atoms with Crippen molar-refractivity contribution in [3.8, 4) is 17.6 Å². The Morgan fingerprint density at radius 3 is 2.50 bits per heavy atom. The molecule has 0 saturated carbocycles. The van der Waals surface area contributed by atoms with E-state index in [9.17, 15) is 8.42 Å². The summed E-state index contributed by atoms with van der Waals surface area (Å²) < 4.78 is 38.9. The molecular formula is C19H18N2O4S. The van der Waals surface area contributed by atoms with Gasteiger partial charge < -0.3 is 9.47 Å². The van der Waals surface area contributed by atoms with Crippen LogP contribution in [-0.2, 0) is 10.0 Å². The number of rotatable bonds is 3. The van der Waals surface area contributed by atoms with E-state index in [0.29, 0.717) is 36.8 Å². The van der Waals surface area contributed by atoms with Crippen LogP contribution in [-0.4, -0.2) is 32.5 Å². The first-order valence-electron chi connectivity index (χ1n) is 8.51. The van der Waals surface area contributed by atoms with Crippen LogP contribution in [0.25, 0.3) is 0 Å². The Bertz CT molecular complexity index is 964. The van der Waals surface area contributed by atoms with E-state index in [0.717, 1.165) is 18.4 Å². The highest BCUT2D eigenvalue weighted by molar-refractivity contribution is 7.89. The average molecular weight is 370 g/mol. The molecule has 0 amide bonds. The van der Waals surface area contributed by atoms with Gasteiger partial charge in [0.25, 0.3) is 0 Å². The molecule has 1 fully saturated rings. The lowest BCUT2D eigenvalue weighted by molar-refractivity contribution is 0.171. The normalized spacial score (nSPS) is 19.9. The zero-order valence-electron chi connectivity index (χ0n) is 14.1. The van der Waals surface area contributed by atoms with Crippen molar-refractivity contribution >= 4 is 10.0 Å². The zero-order chi connectivity index (χ0) is 18.1. The highest BCUT2D eigenvalue weighted by Crippen LogP contribution is 2.40. The molecule has 1 saturated heterocycles. The summed E-state index contributed by atoms with van der Waals surface area (Å²) in [5.74, 6) is 1.36. The van der Waals surface area contributed by atoms with E-state index in [1.807, 2.05) is 24.3 Å². The molecule has 2 aromatic rings. The molecule has 0 aromatic heterocycles. The molecule has 1 atom stereocenters. The lowest BCUT2D eigenvalue weighted by atomic mass is 10.0. The highest BCUT2D eigenvalue weighted by atomic mass is 32.2. The fourth-order valence-electron chi connectivity index (χ4n) is 3.46. The van der Waals surface area contributed by atoms with Crippen LogP contribution in [0.3, 0.4) is 0 Å². The summed E-state index contributed by atoms with van der Waals surface area (Å²) >= 11 is 0. The maximum Gasteiger partial charge on any atom is 0.243 e. The third-order valence-electron chi connectivity index (χ3n) is 4.74. The summed E-state index contributed by atoms with van der Waals surface area (Å²) in [5.41, 5.74) is 1.35. The van der Waals surface area contributed by atoms with Crippen molar-refractivity contribution in [3.63, 3.8) is 0 Å². The van der Waals surface area contributed by atoms with Crippen LogP contribution in [0.1, 0.15) is 30.0 Å². The van der Waals surface area contributed by atoms with E-state index < -0.39 is 10.0 Å². The van der Waals surface area contributed by atoms with Gasteiger partial charge in [0.2, 0.25) is 10.0 Å². The van der Waals surface area contributed by atoms with Crippen LogP contribution in [0.4, 0.5) is 0 Å². The third-order valence-corrected chi connectivity index (χ3v) is 6.67. The van der Waals surface area contributed by atoms with Crippen molar-refractivity contribution in [2.75, 3.05) is 19.8 Å². The third kappa shape index (κ3) is 2.91. The topological polar surface area (TPSA) is 79.6 Å². The minimum Gasteiger partial charge on any atom is -0.486 e. The number of benzene rings is 2. The van der Waals surface area contributed by atoms with Gasteiger partial charge in [0.1, 0.15) is 13.2 Å². The number of hydrogen-bond acceptors (Lipinski definition) is 5. The molecule has 1 unspecified atom stereocenters. The van der Waals surface area contributed by atoms with Crippen molar-refractivity contribution in [2.45, 2.75) is 23.8 Å². The van der Waals surface area contributed by atoms with Crippen LogP contribution in [0.5, 0.6) is 11.5 Å². The lowest BCUT2D eigenvalue weighted by Crippen LogP contribution is -2.30. The Hall–Kier alpha value is -2.56. The molecule has 26 heavy (non-hydrogen) atoms. The van der Waals surface area contributed by atoms with Crippen LogP contribution in [0.2, 0.25) is 0 Å². The van der Waals surface area contributed by atoms with Gasteiger partial charge in [-0.3, -0.25) is 0 Å². The van der Waals surface area contributed by atoms with E-state index in [2.05, 4.69) is 0 Å². The summed E-state index contributed by atoms with van der Waals surface area (Å²) in [5, 5.41) is 8.90. The molecule has 4 rings (SSSR count). The highest BCUT2D eigenvalue weighted by Gasteiger charge is 2.36. The van der Waals surface area contributed by atoms with E-state index in [4.69, 9.17) is 14.7 Å². The van der Waals surface area contributed by atoms with Gasteiger partial charge in [0, 0.05) is 6.54 Å². The van der Waals surface area contributed by atoms with Crippen LogP contribution < -0.4 is 9.47 Å². The smallest absolute Gasteiger partial charge is 0.243 e. The molecule has 0 bridgehead atoms. The predicted octanol–water partition coefficient (Wildman–Crippen LogP) is 2.86. The largest absolute Gasteiger partial charge is 0.486 e. The van der Waals surface area contributed by atoms with Gasteiger partial charge >= 0.3 is 0 Å². The first kappa shape index (κ1) is 16.9. The van der Waals surface area contributed by atoms with E-state index >= 15 is 0 Å². The quantitative estimate of drug-likeness (QED) is 0.830. The van der Waals surface area contributed by atoms with Gasteiger partial charge in [-0.2, -0.15) is 9.57 Å². The van der Waals surface area contributed by atoms with Crippen LogP contribution in [0, 0.1) is 11.3 Å². The molecule has 7 heteroatoms. The minimum absolute atomic E-state index is 0.209. The number of sulfonamides is 1. The van der Waals surface area contributed by atoms with Crippen molar-refractivity contribution in [1.29, 1.82) is 5.26 Å². The molecule has 134 valence electrons. The van der Waals surface area contributed by atoms with E-state index in [-0.39, 0.29) is 10.9 Å². The summed E-state index contributed by atoms with van der Waals surface area (Å²) in [6.07, 6.45) is 1.56. The number of nitriles is 1. The maximum atomic E-state index is 13.1. The van der Waals surface area contributed by atoms with Crippen LogP contribution >= 0.6 is 0 Å². The Balaban J connectivity index is 1.66. The Morgan fingerprint density at radius 2 is 1.77 bits per heavy atom. The zero-order valence-corrected chi connectivity index (χ0v) is 14.9. The summed E-state index contributed by atoms with van der Waals surface area (Å²) in [6.45, 7) is 1.49. The Morgan fingerprint density at radius 1 is 1.04 bits per heavy atom. The molecule has 0 radical (unpaired) electrons. The monoisotopic (exact) mass is 370 g/mol. The maximum absolute atomic E-state index is 13.1. The summed E-state index contributed by atoms with van der Waals surface area (Å²) in [7, 11) is -3.63. The van der Waals surface area contributed by atoms with Crippen molar-refractivity contribution in [3.05, 3.63) is 53.6 Å². The van der Waals surface area contributed by atoms with Gasteiger partial charge in [-0.15, -0.1) is 0 Å². The molecule has 2 aliphatic rings. The number of fused-ring (bicyclic) bond motifs is 1. The fraction of sp³-hybridized carbons (Fsp3) is 0.316. The Labute approximate surface area is 152 Å². The number of nitrogens with zero attached hydrogens (tertiary/aromatic N) is 2. The average Bonchev–Trinajstić information content (AvgIpc) is 3.18. The lowest BCUT2D eigenvalue weighted by Gasteiger charge is -2.26. The molecule has 0 N–H and O–H groups in total.